The molecule has 2 aromatic rings. The Bertz CT molecular complexity index is 764. The maximum atomic E-state index is 9.94. The largest absolute Gasteiger partial charge is 0.508 e. The first-order valence-electron chi connectivity index (χ1n) is 8.97. The van der Waals surface area contributed by atoms with Gasteiger partial charge in [0.05, 0.1) is 0 Å². The zero-order valence-electron chi connectivity index (χ0n) is 15.1. The Balaban J connectivity index is 2.00. The minimum absolute atomic E-state index is 0.312. The van der Waals surface area contributed by atoms with E-state index in [0.29, 0.717) is 17.4 Å². The molecule has 0 radical (unpaired) electrons. The van der Waals surface area contributed by atoms with E-state index < -0.39 is 0 Å². The molecular formula is C22H27NO2. The highest BCUT2D eigenvalue weighted by atomic mass is 16.3. The molecule has 0 fully saturated rings. The van der Waals surface area contributed by atoms with E-state index in [1.165, 1.54) is 16.7 Å². The molecule has 0 heterocycles. The van der Waals surface area contributed by atoms with Crippen LogP contribution in [0.15, 0.2) is 54.1 Å². The molecule has 1 unspecified atom stereocenters. The predicted octanol–water partition coefficient (Wildman–Crippen LogP) is 4.77. The predicted molar refractivity (Wildman–Crippen MR) is 103 cm³/mol. The van der Waals surface area contributed by atoms with E-state index in [0.717, 1.165) is 37.8 Å². The Labute approximate surface area is 150 Å². The molecule has 25 heavy (non-hydrogen) atoms. The van der Waals surface area contributed by atoms with Crippen LogP contribution in [0.25, 0.3) is 5.57 Å². The lowest BCUT2D eigenvalue weighted by atomic mass is 9.87. The number of likely N-dealkylation sites (N-methyl/N-ethyl adjacent to an activating group) is 1. The maximum Gasteiger partial charge on any atom is 0.116 e. The third-order valence-corrected chi connectivity index (χ3v) is 4.95. The topological polar surface area (TPSA) is 43.7 Å². The van der Waals surface area contributed by atoms with Crippen LogP contribution in [0.3, 0.4) is 0 Å². The molecule has 2 N–H and O–H groups in total. The number of hydrogen-bond donors (Lipinski definition) is 2. The number of phenols is 2. The van der Waals surface area contributed by atoms with Crippen molar-refractivity contribution in [2.45, 2.75) is 31.6 Å². The van der Waals surface area contributed by atoms with Crippen LogP contribution < -0.4 is 0 Å². The van der Waals surface area contributed by atoms with Crippen LogP contribution in [-0.2, 0) is 0 Å². The van der Waals surface area contributed by atoms with Gasteiger partial charge in [0, 0.05) is 6.54 Å². The molecule has 0 aromatic heterocycles. The molecule has 3 nitrogen and oxygen atoms in total. The number of hydrogen-bond acceptors (Lipinski definition) is 3. The number of benzene rings is 2. The fourth-order valence-electron chi connectivity index (χ4n) is 3.84. The summed E-state index contributed by atoms with van der Waals surface area (Å²) in [6.45, 7) is 0.942. The monoisotopic (exact) mass is 337 g/mol. The summed E-state index contributed by atoms with van der Waals surface area (Å²) < 4.78 is 0. The van der Waals surface area contributed by atoms with Gasteiger partial charge < -0.3 is 15.1 Å². The number of aromatic hydroxyl groups is 2. The number of nitrogens with zero attached hydrogens (tertiary/aromatic N) is 1. The highest BCUT2D eigenvalue weighted by Crippen LogP contribution is 2.40. The average molecular weight is 337 g/mol. The number of rotatable bonds is 4. The van der Waals surface area contributed by atoms with E-state index in [9.17, 15) is 10.2 Å². The van der Waals surface area contributed by atoms with E-state index in [1.807, 2.05) is 24.3 Å². The quantitative estimate of drug-likeness (QED) is 0.844. The minimum atomic E-state index is 0.312. The Hall–Kier alpha value is -2.26. The van der Waals surface area contributed by atoms with Gasteiger partial charge in [-0.1, -0.05) is 29.8 Å². The normalized spacial score (nSPS) is 18.4. The van der Waals surface area contributed by atoms with Crippen molar-refractivity contribution in [1.29, 1.82) is 0 Å². The zero-order chi connectivity index (χ0) is 17.8. The first-order chi connectivity index (χ1) is 12.0. The van der Waals surface area contributed by atoms with Crippen LogP contribution in [0.5, 0.6) is 11.5 Å². The summed E-state index contributed by atoms with van der Waals surface area (Å²) in [6.07, 6.45) is 4.28. The van der Waals surface area contributed by atoms with Gasteiger partial charge in [-0.05, 0) is 86.7 Å². The Morgan fingerprint density at radius 3 is 2.40 bits per heavy atom. The summed E-state index contributed by atoms with van der Waals surface area (Å²) in [6, 6.07) is 15.3. The van der Waals surface area contributed by atoms with Gasteiger partial charge in [0.15, 0.2) is 0 Å². The summed E-state index contributed by atoms with van der Waals surface area (Å²) in [5, 5.41) is 19.8. The highest BCUT2D eigenvalue weighted by Gasteiger charge is 2.22. The second-order valence-electron chi connectivity index (χ2n) is 7.26. The van der Waals surface area contributed by atoms with Gasteiger partial charge in [-0.2, -0.15) is 0 Å². The van der Waals surface area contributed by atoms with Crippen LogP contribution in [0.2, 0.25) is 0 Å². The fourth-order valence-corrected chi connectivity index (χ4v) is 3.84. The van der Waals surface area contributed by atoms with Gasteiger partial charge in [-0.3, -0.25) is 0 Å². The van der Waals surface area contributed by atoms with Gasteiger partial charge in [0.1, 0.15) is 11.5 Å². The van der Waals surface area contributed by atoms with Gasteiger partial charge >= 0.3 is 0 Å². The van der Waals surface area contributed by atoms with Gasteiger partial charge in [-0.15, -0.1) is 0 Å². The van der Waals surface area contributed by atoms with E-state index in [4.69, 9.17) is 0 Å². The highest BCUT2D eigenvalue weighted by molar-refractivity contribution is 5.71. The second-order valence-corrected chi connectivity index (χ2v) is 7.26. The molecule has 132 valence electrons. The Morgan fingerprint density at radius 2 is 1.72 bits per heavy atom. The van der Waals surface area contributed by atoms with Crippen molar-refractivity contribution in [3.63, 3.8) is 0 Å². The van der Waals surface area contributed by atoms with Crippen molar-refractivity contribution < 1.29 is 10.2 Å². The van der Waals surface area contributed by atoms with E-state index in [2.05, 4.69) is 31.1 Å². The number of allylic oxidation sites excluding steroid dienone is 1. The first-order valence-corrected chi connectivity index (χ1v) is 8.97. The average Bonchev–Trinajstić information content (AvgIpc) is 2.77. The minimum Gasteiger partial charge on any atom is -0.508 e. The maximum absolute atomic E-state index is 9.94. The van der Waals surface area contributed by atoms with Crippen molar-refractivity contribution in [2.75, 3.05) is 20.6 Å². The van der Waals surface area contributed by atoms with E-state index in [-0.39, 0.29) is 0 Å². The molecule has 1 aliphatic rings. The molecule has 0 saturated heterocycles. The lowest BCUT2D eigenvalue weighted by molar-refractivity contribution is 0.438. The fraction of sp³-hybridized carbons (Fsp3) is 0.364. The molecule has 0 spiro atoms. The smallest absolute Gasteiger partial charge is 0.116 e. The molecule has 1 aliphatic carbocycles. The first kappa shape index (κ1) is 17.6. The van der Waals surface area contributed by atoms with Crippen LogP contribution in [0, 0.1) is 0 Å². The molecule has 0 aliphatic heterocycles. The van der Waals surface area contributed by atoms with Crippen molar-refractivity contribution in [2.24, 2.45) is 0 Å². The lowest BCUT2D eigenvalue weighted by Gasteiger charge is -2.20. The molecule has 2 aromatic carbocycles. The molecule has 3 heteroatoms. The van der Waals surface area contributed by atoms with Crippen LogP contribution in [0.4, 0.5) is 0 Å². The van der Waals surface area contributed by atoms with Crippen molar-refractivity contribution in [3.05, 3.63) is 65.2 Å². The molecule has 0 amide bonds. The third kappa shape index (κ3) is 4.43. The lowest BCUT2D eigenvalue weighted by Crippen LogP contribution is -2.16. The van der Waals surface area contributed by atoms with E-state index in [1.54, 1.807) is 12.1 Å². The molecule has 1 atom stereocenters. The van der Waals surface area contributed by atoms with Crippen molar-refractivity contribution >= 4 is 5.57 Å². The summed E-state index contributed by atoms with van der Waals surface area (Å²) in [7, 11) is 4.20. The van der Waals surface area contributed by atoms with Gasteiger partial charge in [-0.25, -0.2) is 0 Å². The van der Waals surface area contributed by atoms with E-state index >= 15 is 0 Å². The van der Waals surface area contributed by atoms with Crippen molar-refractivity contribution in [3.8, 4) is 11.5 Å². The summed E-state index contributed by atoms with van der Waals surface area (Å²) in [5.74, 6) is 1.04. The molecule has 0 saturated carbocycles. The second kappa shape index (κ2) is 7.75. The van der Waals surface area contributed by atoms with Crippen LogP contribution in [-0.4, -0.2) is 35.8 Å². The molecular weight excluding hydrogens is 310 g/mol. The third-order valence-electron chi connectivity index (χ3n) is 4.95. The Kier molecular flexibility index (Phi) is 5.44. The van der Waals surface area contributed by atoms with Crippen LogP contribution >= 0.6 is 0 Å². The zero-order valence-corrected chi connectivity index (χ0v) is 15.1. The Morgan fingerprint density at radius 1 is 1.00 bits per heavy atom. The number of phenolic OH excluding ortho intramolecular Hbond substituents is 2. The summed E-state index contributed by atoms with van der Waals surface area (Å²) in [5.41, 5.74) is 5.11. The molecule has 0 bridgehead atoms. The van der Waals surface area contributed by atoms with Crippen LogP contribution in [0.1, 0.15) is 42.7 Å². The SMILES string of the molecule is CN(C)CC1=C(c2cccc(O)c2)CC(c2cccc(O)c2)CCC1. The summed E-state index contributed by atoms with van der Waals surface area (Å²) >= 11 is 0. The molecule has 3 rings (SSSR count). The standard InChI is InChI=1S/C22H27NO2/c1-23(2)15-19-9-3-6-17(16-7-4-10-20(24)12-16)14-22(19)18-8-5-11-21(25)13-18/h4-5,7-8,10-13,17,24-25H,3,6,9,14-15H2,1-2H3. The summed E-state index contributed by atoms with van der Waals surface area (Å²) in [4.78, 5) is 2.22. The van der Waals surface area contributed by atoms with Gasteiger partial charge in [0.2, 0.25) is 0 Å². The van der Waals surface area contributed by atoms with Gasteiger partial charge in [0.25, 0.3) is 0 Å². The van der Waals surface area contributed by atoms with Crippen molar-refractivity contribution in [1.82, 2.24) is 4.90 Å².